The van der Waals surface area contributed by atoms with E-state index in [0.717, 1.165) is 13.0 Å². The first-order valence-electron chi connectivity index (χ1n) is 12.7. The van der Waals surface area contributed by atoms with Crippen molar-refractivity contribution in [3.05, 3.63) is 12.2 Å². The highest BCUT2D eigenvalue weighted by Crippen LogP contribution is 2.36. The third kappa shape index (κ3) is 18.4. The van der Waals surface area contributed by atoms with Crippen molar-refractivity contribution in [3.8, 4) is 0 Å². The number of unbranched alkanes of at least 4 members (excludes halogenated alkanes) is 14. The average molecular weight is 427 g/mol. The van der Waals surface area contributed by atoms with Gasteiger partial charge in [0.2, 0.25) is 0 Å². The van der Waals surface area contributed by atoms with Gasteiger partial charge in [-0.2, -0.15) is 0 Å². The Kier molecular flexibility index (Phi) is 18.6. The molecular formula is C26H54O2Si. The van der Waals surface area contributed by atoms with Crippen molar-refractivity contribution in [2.24, 2.45) is 0 Å². The van der Waals surface area contributed by atoms with E-state index in [2.05, 4.69) is 46.0 Å². The minimum Gasteiger partial charge on any atom is -0.417 e. The molecule has 1 N–H and O–H groups in total. The summed E-state index contributed by atoms with van der Waals surface area (Å²) in [6.07, 6.45) is 25.7. The quantitative estimate of drug-likeness (QED) is 0.120. The van der Waals surface area contributed by atoms with Crippen LogP contribution in [0.15, 0.2) is 12.2 Å². The van der Waals surface area contributed by atoms with E-state index in [1.165, 1.54) is 96.3 Å². The van der Waals surface area contributed by atoms with Gasteiger partial charge in [-0.3, -0.25) is 0 Å². The van der Waals surface area contributed by atoms with Crippen LogP contribution in [0.1, 0.15) is 124 Å². The molecule has 29 heavy (non-hydrogen) atoms. The summed E-state index contributed by atoms with van der Waals surface area (Å²) in [7, 11) is -1.53. The molecule has 0 aliphatic carbocycles. The maximum Gasteiger partial charge on any atom is 0.191 e. The van der Waals surface area contributed by atoms with E-state index in [9.17, 15) is 0 Å². The lowest BCUT2D eigenvalue weighted by molar-refractivity contribution is 0.277. The molecule has 2 nitrogen and oxygen atoms in total. The van der Waals surface area contributed by atoms with Gasteiger partial charge in [0.1, 0.15) is 0 Å². The highest BCUT2D eigenvalue weighted by atomic mass is 28.4. The minimum absolute atomic E-state index is 0.337. The van der Waals surface area contributed by atoms with Crippen molar-refractivity contribution in [2.45, 2.75) is 142 Å². The first kappa shape index (κ1) is 28.9. The second-order valence-corrected chi connectivity index (χ2v) is 15.1. The van der Waals surface area contributed by atoms with E-state index in [0.29, 0.717) is 11.6 Å². The van der Waals surface area contributed by atoms with Crippen molar-refractivity contribution in [1.82, 2.24) is 0 Å². The van der Waals surface area contributed by atoms with Crippen LogP contribution in [0.3, 0.4) is 0 Å². The Balaban J connectivity index is 3.25. The molecule has 0 aromatic rings. The fraction of sp³-hybridized carbons (Fsp3) is 0.923. The van der Waals surface area contributed by atoms with Crippen molar-refractivity contribution in [3.63, 3.8) is 0 Å². The van der Waals surface area contributed by atoms with Gasteiger partial charge in [0.25, 0.3) is 0 Å². The first-order chi connectivity index (χ1) is 13.8. The molecule has 0 aromatic heterocycles. The molecule has 0 bridgehead atoms. The summed E-state index contributed by atoms with van der Waals surface area (Å²) in [6, 6.07) is 0. The number of aliphatic hydroxyl groups is 1. The molecule has 174 valence electrons. The number of allylic oxidation sites excluding steroid dienone is 2. The fourth-order valence-corrected chi connectivity index (χ4v) is 4.37. The molecule has 0 heterocycles. The first-order valence-corrected chi connectivity index (χ1v) is 15.6. The van der Waals surface area contributed by atoms with E-state index in [-0.39, 0.29) is 0 Å². The highest BCUT2D eigenvalue weighted by Gasteiger charge is 2.36. The van der Waals surface area contributed by atoms with Crippen LogP contribution in [-0.2, 0) is 4.43 Å². The molecule has 0 saturated heterocycles. The van der Waals surface area contributed by atoms with E-state index >= 15 is 0 Å². The minimum atomic E-state index is -1.53. The third-order valence-electron chi connectivity index (χ3n) is 6.48. The van der Waals surface area contributed by atoms with Gasteiger partial charge in [-0.15, -0.1) is 0 Å². The predicted molar refractivity (Wildman–Crippen MR) is 133 cm³/mol. The van der Waals surface area contributed by atoms with Gasteiger partial charge in [-0.1, -0.05) is 97.1 Å². The molecule has 0 atom stereocenters. The molecule has 0 radical (unpaired) electrons. The summed E-state index contributed by atoms with van der Waals surface area (Å²) >= 11 is 0. The Bertz CT molecular complexity index is 371. The molecule has 0 amide bonds. The molecule has 0 saturated carbocycles. The van der Waals surface area contributed by atoms with Crippen LogP contribution >= 0.6 is 0 Å². The van der Waals surface area contributed by atoms with Crippen LogP contribution in [0.25, 0.3) is 0 Å². The van der Waals surface area contributed by atoms with Gasteiger partial charge < -0.3 is 9.53 Å². The summed E-state index contributed by atoms with van der Waals surface area (Å²) in [6.45, 7) is 13.0. The average Bonchev–Trinajstić information content (AvgIpc) is 2.65. The van der Waals surface area contributed by atoms with Crippen LogP contribution in [-0.4, -0.2) is 26.6 Å². The van der Waals surface area contributed by atoms with Gasteiger partial charge in [-0.25, -0.2) is 0 Å². The Labute approximate surface area is 185 Å². The molecule has 0 aromatic carbocycles. The van der Waals surface area contributed by atoms with Gasteiger partial charge in [0, 0.05) is 13.2 Å². The zero-order valence-corrected chi connectivity index (χ0v) is 21.7. The number of rotatable bonds is 20. The second kappa shape index (κ2) is 18.6. The molecule has 0 rings (SSSR count). The van der Waals surface area contributed by atoms with E-state index in [1.807, 2.05) is 0 Å². The number of hydrogen-bond donors (Lipinski definition) is 1. The normalized spacial score (nSPS) is 12.9. The molecule has 0 aliphatic rings. The molecule has 0 aliphatic heterocycles. The monoisotopic (exact) mass is 426 g/mol. The van der Waals surface area contributed by atoms with E-state index < -0.39 is 8.32 Å². The lowest BCUT2D eigenvalue weighted by Gasteiger charge is -2.36. The van der Waals surface area contributed by atoms with Crippen LogP contribution in [0, 0.1) is 0 Å². The second-order valence-electron chi connectivity index (χ2n) is 10.3. The Morgan fingerprint density at radius 3 is 1.41 bits per heavy atom. The maximum absolute atomic E-state index is 8.74. The van der Waals surface area contributed by atoms with Crippen molar-refractivity contribution < 1.29 is 9.53 Å². The molecule has 0 spiro atoms. The maximum atomic E-state index is 8.74. The zero-order chi connectivity index (χ0) is 21.8. The highest BCUT2D eigenvalue weighted by molar-refractivity contribution is 6.74. The molecular weight excluding hydrogens is 372 g/mol. The summed E-state index contributed by atoms with van der Waals surface area (Å²) in [5, 5.41) is 9.08. The van der Waals surface area contributed by atoms with Crippen LogP contribution < -0.4 is 0 Å². The van der Waals surface area contributed by atoms with Gasteiger partial charge in [-0.05, 0) is 56.7 Å². The Morgan fingerprint density at radius 1 is 0.621 bits per heavy atom. The smallest absolute Gasteiger partial charge is 0.191 e. The van der Waals surface area contributed by atoms with Crippen molar-refractivity contribution in [2.75, 3.05) is 13.2 Å². The number of aliphatic hydroxyl groups excluding tert-OH is 1. The van der Waals surface area contributed by atoms with E-state index in [1.54, 1.807) is 0 Å². The summed E-state index contributed by atoms with van der Waals surface area (Å²) in [4.78, 5) is 0. The SMILES string of the molecule is CC(C)(C)[Si](C)(C)OCCCCCCCCCCC/C=C/CCCCCCCO. The van der Waals surface area contributed by atoms with Gasteiger partial charge in [0.05, 0.1) is 0 Å². The predicted octanol–water partition coefficient (Wildman–Crippen LogP) is 8.80. The summed E-state index contributed by atoms with van der Waals surface area (Å²) < 4.78 is 6.25. The van der Waals surface area contributed by atoms with E-state index in [4.69, 9.17) is 9.53 Å². The summed E-state index contributed by atoms with van der Waals surface area (Å²) in [5.74, 6) is 0. The van der Waals surface area contributed by atoms with Crippen LogP contribution in [0.5, 0.6) is 0 Å². The van der Waals surface area contributed by atoms with Crippen molar-refractivity contribution in [1.29, 1.82) is 0 Å². The molecule has 0 fully saturated rings. The summed E-state index contributed by atoms with van der Waals surface area (Å²) in [5.41, 5.74) is 0. The van der Waals surface area contributed by atoms with Crippen molar-refractivity contribution >= 4 is 8.32 Å². The molecule has 3 heteroatoms. The Hall–Kier alpha value is -0.123. The third-order valence-corrected chi connectivity index (χ3v) is 11.0. The van der Waals surface area contributed by atoms with Gasteiger partial charge >= 0.3 is 0 Å². The lowest BCUT2D eigenvalue weighted by Crippen LogP contribution is -2.40. The largest absolute Gasteiger partial charge is 0.417 e. The standard InChI is InChI=1S/C26H54O2Si/c1-26(2,3)29(4,5)28-25-23-21-19-17-15-13-11-9-7-6-8-10-12-14-16-18-20-22-24-27/h8,10,27H,6-7,9,11-25H2,1-5H3/b10-8+. The molecule has 0 unspecified atom stereocenters. The fourth-order valence-electron chi connectivity index (χ4n) is 3.29. The Morgan fingerprint density at radius 2 is 1.00 bits per heavy atom. The number of hydrogen-bond acceptors (Lipinski definition) is 2. The lowest BCUT2D eigenvalue weighted by atomic mass is 10.1. The zero-order valence-electron chi connectivity index (χ0n) is 20.7. The van der Waals surface area contributed by atoms with Gasteiger partial charge in [0.15, 0.2) is 8.32 Å². The van der Waals surface area contributed by atoms with Crippen LogP contribution in [0.4, 0.5) is 0 Å². The van der Waals surface area contributed by atoms with Crippen LogP contribution in [0.2, 0.25) is 18.1 Å². The topological polar surface area (TPSA) is 29.5 Å².